The van der Waals surface area contributed by atoms with Crippen LogP contribution in [0.3, 0.4) is 0 Å². The van der Waals surface area contributed by atoms with Crippen LogP contribution in [0.15, 0.2) is 51.4 Å². The topological polar surface area (TPSA) is 38.3 Å². The fourth-order valence-corrected chi connectivity index (χ4v) is 2.20. The number of benzene rings is 2. The summed E-state index contributed by atoms with van der Waals surface area (Å²) in [5, 5.41) is 2.83. The molecule has 0 unspecified atom stereocenters. The van der Waals surface area contributed by atoms with Gasteiger partial charge in [0, 0.05) is 14.5 Å². The van der Waals surface area contributed by atoms with E-state index in [2.05, 4.69) is 37.2 Å². The molecular weight excluding hydrogens is 374 g/mol. The van der Waals surface area contributed by atoms with Gasteiger partial charge in [-0.15, -0.1) is 0 Å². The first-order chi connectivity index (χ1) is 9.10. The van der Waals surface area contributed by atoms with Crippen molar-refractivity contribution in [3.8, 4) is 5.75 Å². The Morgan fingerprint density at radius 2 is 1.68 bits per heavy atom. The molecule has 0 aliphatic heterocycles. The first-order valence-corrected chi connectivity index (χ1v) is 7.09. The molecule has 2 aromatic rings. The fraction of sp³-hybridized carbons (Fsp3) is 0.0714. The number of hydrogen-bond acceptors (Lipinski definition) is 2. The van der Waals surface area contributed by atoms with Crippen molar-refractivity contribution in [1.82, 2.24) is 0 Å². The molecule has 0 heterocycles. The van der Waals surface area contributed by atoms with E-state index in [0.717, 1.165) is 8.95 Å². The smallest absolute Gasteiger partial charge is 0.255 e. The maximum absolute atomic E-state index is 12.1. The summed E-state index contributed by atoms with van der Waals surface area (Å²) >= 11 is 6.70. The molecule has 19 heavy (non-hydrogen) atoms. The average Bonchev–Trinajstić information content (AvgIpc) is 2.39. The van der Waals surface area contributed by atoms with Crippen LogP contribution in [0.25, 0.3) is 0 Å². The molecule has 3 nitrogen and oxygen atoms in total. The molecule has 2 aromatic carbocycles. The van der Waals surface area contributed by atoms with Crippen LogP contribution in [0.2, 0.25) is 0 Å². The summed E-state index contributed by atoms with van der Waals surface area (Å²) in [6.45, 7) is 0. The summed E-state index contributed by atoms with van der Waals surface area (Å²) in [7, 11) is 1.57. The Kier molecular flexibility index (Phi) is 4.61. The van der Waals surface area contributed by atoms with Gasteiger partial charge in [0.2, 0.25) is 0 Å². The standard InChI is InChI=1S/C14H11Br2NO2/c1-19-13-7-6-11(16)8-12(13)17-14(18)9-2-4-10(15)5-3-9/h2-8H,1H3,(H,17,18). The van der Waals surface area contributed by atoms with E-state index >= 15 is 0 Å². The van der Waals surface area contributed by atoms with Crippen molar-refractivity contribution in [2.75, 3.05) is 12.4 Å². The van der Waals surface area contributed by atoms with Crippen molar-refractivity contribution in [2.24, 2.45) is 0 Å². The first-order valence-electron chi connectivity index (χ1n) is 5.50. The third-order valence-corrected chi connectivity index (χ3v) is 3.54. The largest absolute Gasteiger partial charge is 0.495 e. The average molecular weight is 385 g/mol. The van der Waals surface area contributed by atoms with E-state index in [4.69, 9.17) is 4.74 Å². The normalized spacial score (nSPS) is 10.1. The van der Waals surface area contributed by atoms with E-state index in [-0.39, 0.29) is 5.91 Å². The second-order valence-corrected chi connectivity index (χ2v) is 5.64. The van der Waals surface area contributed by atoms with Crippen molar-refractivity contribution in [3.63, 3.8) is 0 Å². The first kappa shape index (κ1) is 14.1. The Labute approximate surface area is 128 Å². The minimum Gasteiger partial charge on any atom is -0.495 e. The molecule has 0 atom stereocenters. The van der Waals surface area contributed by atoms with Gasteiger partial charge in [-0.05, 0) is 42.5 Å². The van der Waals surface area contributed by atoms with Crippen LogP contribution in [0, 0.1) is 0 Å². The van der Waals surface area contributed by atoms with Crippen LogP contribution in [0.4, 0.5) is 5.69 Å². The Bertz CT molecular complexity index is 597. The minimum absolute atomic E-state index is 0.177. The van der Waals surface area contributed by atoms with Crippen LogP contribution in [0.1, 0.15) is 10.4 Å². The van der Waals surface area contributed by atoms with Crippen molar-refractivity contribution in [2.45, 2.75) is 0 Å². The number of carbonyl (C=O) groups excluding carboxylic acids is 1. The van der Waals surface area contributed by atoms with E-state index in [1.807, 2.05) is 18.2 Å². The van der Waals surface area contributed by atoms with Gasteiger partial charge in [-0.2, -0.15) is 0 Å². The predicted octanol–water partition coefficient (Wildman–Crippen LogP) is 4.47. The summed E-state index contributed by atoms with van der Waals surface area (Å²) in [6, 6.07) is 12.6. The van der Waals surface area contributed by atoms with Gasteiger partial charge in [-0.1, -0.05) is 31.9 Å². The number of amides is 1. The van der Waals surface area contributed by atoms with Crippen LogP contribution >= 0.6 is 31.9 Å². The molecule has 0 fully saturated rings. The van der Waals surface area contributed by atoms with Crippen molar-refractivity contribution < 1.29 is 9.53 Å². The third-order valence-electron chi connectivity index (χ3n) is 2.52. The predicted molar refractivity (Wildman–Crippen MR) is 82.8 cm³/mol. The molecule has 0 aliphatic carbocycles. The molecule has 5 heteroatoms. The van der Waals surface area contributed by atoms with Gasteiger partial charge in [0.15, 0.2) is 0 Å². The molecule has 0 spiro atoms. The molecule has 2 rings (SSSR count). The number of rotatable bonds is 3. The molecule has 0 bridgehead atoms. The Balaban J connectivity index is 2.23. The van der Waals surface area contributed by atoms with Gasteiger partial charge < -0.3 is 10.1 Å². The molecule has 0 saturated heterocycles. The zero-order valence-corrected chi connectivity index (χ0v) is 13.3. The third kappa shape index (κ3) is 3.58. The van der Waals surface area contributed by atoms with Gasteiger partial charge in [0.1, 0.15) is 5.75 Å². The summed E-state index contributed by atoms with van der Waals surface area (Å²) < 4.78 is 7.02. The Morgan fingerprint density at radius 3 is 2.32 bits per heavy atom. The van der Waals surface area contributed by atoms with Crippen LogP contribution in [0.5, 0.6) is 5.75 Å². The second-order valence-electron chi connectivity index (χ2n) is 3.81. The van der Waals surface area contributed by atoms with Gasteiger partial charge in [-0.25, -0.2) is 0 Å². The monoisotopic (exact) mass is 383 g/mol. The molecular formula is C14H11Br2NO2. The molecule has 0 aromatic heterocycles. The van der Waals surface area contributed by atoms with Crippen molar-refractivity contribution >= 4 is 43.5 Å². The summed E-state index contributed by atoms with van der Waals surface area (Å²) in [6.07, 6.45) is 0. The highest BCUT2D eigenvalue weighted by Gasteiger charge is 2.10. The number of nitrogens with one attached hydrogen (secondary N) is 1. The highest BCUT2D eigenvalue weighted by Crippen LogP contribution is 2.28. The van der Waals surface area contributed by atoms with Gasteiger partial charge in [-0.3, -0.25) is 4.79 Å². The number of ether oxygens (including phenoxy) is 1. The van der Waals surface area contributed by atoms with E-state index < -0.39 is 0 Å². The lowest BCUT2D eigenvalue weighted by atomic mass is 10.2. The molecule has 0 radical (unpaired) electrons. The zero-order chi connectivity index (χ0) is 13.8. The summed E-state index contributed by atoms with van der Waals surface area (Å²) in [5.41, 5.74) is 1.22. The van der Waals surface area contributed by atoms with Crippen LogP contribution < -0.4 is 10.1 Å². The lowest BCUT2D eigenvalue weighted by molar-refractivity contribution is 0.102. The summed E-state index contributed by atoms with van der Waals surface area (Å²) in [5.74, 6) is 0.442. The SMILES string of the molecule is COc1ccc(Br)cc1NC(=O)c1ccc(Br)cc1. The maximum atomic E-state index is 12.1. The number of hydrogen-bond donors (Lipinski definition) is 1. The Hall–Kier alpha value is -1.33. The fourth-order valence-electron chi connectivity index (χ4n) is 1.57. The molecule has 0 aliphatic rings. The number of halogens is 2. The number of carbonyl (C=O) groups is 1. The number of methoxy groups -OCH3 is 1. The highest BCUT2D eigenvalue weighted by molar-refractivity contribution is 9.10. The minimum atomic E-state index is -0.177. The van der Waals surface area contributed by atoms with E-state index in [1.165, 1.54) is 0 Å². The molecule has 1 N–H and O–H groups in total. The lowest BCUT2D eigenvalue weighted by Gasteiger charge is -2.10. The van der Waals surface area contributed by atoms with Gasteiger partial charge in [0.25, 0.3) is 5.91 Å². The second kappa shape index (κ2) is 6.21. The molecule has 1 amide bonds. The molecule has 0 saturated carbocycles. The number of anilines is 1. The highest BCUT2D eigenvalue weighted by atomic mass is 79.9. The van der Waals surface area contributed by atoms with E-state index in [0.29, 0.717) is 17.0 Å². The Morgan fingerprint density at radius 1 is 1.05 bits per heavy atom. The van der Waals surface area contributed by atoms with Crippen molar-refractivity contribution in [3.05, 3.63) is 57.0 Å². The van der Waals surface area contributed by atoms with Crippen LogP contribution in [-0.2, 0) is 0 Å². The van der Waals surface area contributed by atoms with E-state index in [9.17, 15) is 4.79 Å². The van der Waals surface area contributed by atoms with Crippen molar-refractivity contribution in [1.29, 1.82) is 0 Å². The molecule has 98 valence electrons. The lowest BCUT2D eigenvalue weighted by Crippen LogP contribution is -2.12. The van der Waals surface area contributed by atoms with Gasteiger partial charge in [0.05, 0.1) is 12.8 Å². The van der Waals surface area contributed by atoms with Gasteiger partial charge >= 0.3 is 0 Å². The summed E-state index contributed by atoms with van der Waals surface area (Å²) in [4.78, 5) is 12.1. The maximum Gasteiger partial charge on any atom is 0.255 e. The zero-order valence-electron chi connectivity index (χ0n) is 10.1. The van der Waals surface area contributed by atoms with E-state index in [1.54, 1.807) is 31.4 Å². The quantitative estimate of drug-likeness (QED) is 0.847. The van der Waals surface area contributed by atoms with Crippen LogP contribution in [-0.4, -0.2) is 13.0 Å².